The molecule has 1 saturated carbocycles. The number of phenolic OH excluding ortho intramolecular Hbond substituents is 1. The SMILES string of the molecule is CC(=O)C1=C(C)[C@@H](C(C)C)[C@]2(C)[C@@H](C)[C@@]3(C)C(C(=O)c4c(ccc(C=Cc5ccccc5)c4O)[C@@H]3C)C(=O)[C@]2(O)C1=O. The molecule has 6 heteroatoms. The average molecular weight is 569 g/mol. The predicted octanol–water partition coefficient (Wildman–Crippen LogP) is 6.20. The molecular formula is C36H40O6. The third-order valence-corrected chi connectivity index (χ3v) is 11.3. The Kier molecular flexibility index (Phi) is 6.89. The maximum Gasteiger partial charge on any atom is 0.206 e. The summed E-state index contributed by atoms with van der Waals surface area (Å²) in [6.45, 7) is 14.5. The van der Waals surface area contributed by atoms with E-state index in [0.717, 1.165) is 5.56 Å². The molecule has 0 aliphatic heterocycles. The number of Topliss-reactive ketones (excluding diaryl/α,β-unsaturated/α-hetero) is 4. The molecule has 7 atom stereocenters. The van der Waals surface area contributed by atoms with Crippen molar-refractivity contribution in [1.29, 1.82) is 0 Å². The molecule has 5 rings (SSSR count). The number of rotatable bonds is 4. The molecule has 0 heterocycles. The van der Waals surface area contributed by atoms with Crippen molar-refractivity contribution in [1.82, 2.24) is 0 Å². The van der Waals surface area contributed by atoms with Crippen molar-refractivity contribution in [2.45, 2.75) is 66.9 Å². The first kappa shape index (κ1) is 29.8. The van der Waals surface area contributed by atoms with Crippen LogP contribution in [0, 0.1) is 34.5 Å². The van der Waals surface area contributed by atoms with Crippen LogP contribution in [0.1, 0.15) is 88.4 Å². The first-order valence-corrected chi connectivity index (χ1v) is 14.7. The van der Waals surface area contributed by atoms with Crippen LogP contribution in [0.3, 0.4) is 0 Å². The Morgan fingerprint density at radius 3 is 2.17 bits per heavy atom. The molecule has 0 radical (unpaired) electrons. The minimum absolute atomic E-state index is 0.0510. The third kappa shape index (κ3) is 3.54. The minimum atomic E-state index is -2.57. The van der Waals surface area contributed by atoms with Gasteiger partial charge < -0.3 is 10.2 Å². The second kappa shape index (κ2) is 9.70. The fraction of sp³-hybridized carbons (Fsp3) is 0.444. The average Bonchev–Trinajstić information content (AvgIpc) is 2.93. The predicted molar refractivity (Wildman–Crippen MR) is 162 cm³/mol. The summed E-state index contributed by atoms with van der Waals surface area (Å²) in [7, 11) is 0. The van der Waals surface area contributed by atoms with Gasteiger partial charge in [0.25, 0.3) is 0 Å². The minimum Gasteiger partial charge on any atom is -0.507 e. The maximum atomic E-state index is 14.7. The van der Waals surface area contributed by atoms with Gasteiger partial charge >= 0.3 is 0 Å². The summed E-state index contributed by atoms with van der Waals surface area (Å²) in [4.78, 5) is 56.0. The summed E-state index contributed by atoms with van der Waals surface area (Å²) in [6.07, 6.45) is 3.55. The molecule has 2 N–H and O–H groups in total. The van der Waals surface area contributed by atoms with Crippen LogP contribution in [-0.4, -0.2) is 38.9 Å². The van der Waals surface area contributed by atoms with E-state index in [4.69, 9.17) is 0 Å². The smallest absolute Gasteiger partial charge is 0.206 e. The molecule has 220 valence electrons. The number of hydrogen-bond donors (Lipinski definition) is 2. The fourth-order valence-corrected chi connectivity index (χ4v) is 9.05. The summed E-state index contributed by atoms with van der Waals surface area (Å²) in [5.41, 5.74) is -2.36. The van der Waals surface area contributed by atoms with Gasteiger partial charge in [-0.15, -0.1) is 0 Å². The number of fused-ring (bicyclic) bond motifs is 3. The monoisotopic (exact) mass is 568 g/mol. The van der Waals surface area contributed by atoms with Crippen molar-refractivity contribution in [2.24, 2.45) is 34.5 Å². The van der Waals surface area contributed by atoms with E-state index >= 15 is 0 Å². The van der Waals surface area contributed by atoms with Gasteiger partial charge in [-0.25, -0.2) is 0 Å². The molecule has 3 aliphatic rings. The lowest BCUT2D eigenvalue weighted by atomic mass is 9.35. The zero-order valence-electron chi connectivity index (χ0n) is 25.6. The van der Waals surface area contributed by atoms with Gasteiger partial charge in [-0.1, -0.05) is 102 Å². The quantitative estimate of drug-likeness (QED) is 0.258. The zero-order valence-corrected chi connectivity index (χ0v) is 25.6. The number of phenols is 1. The van der Waals surface area contributed by atoms with Crippen LogP contribution in [0.2, 0.25) is 0 Å². The van der Waals surface area contributed by atoms with E-state index in [2.05, 4.69) is 0 Å². The fourth-order valence-electron chi connectivity index (χ4n) is 9.05. The largest absolute Gasteiger partial charge is 0.507 e. The molecule has 42 heavy (non-hydrogen) atoms. The Hall–Kier alpha value is -3.64. The molecule has 0 amide bonds. The molecule has 0 spiro atoms. The lowest BCUT2D eigenvalue weighted by Gasteiger charge is -2.66. The van der Waals surface area contributed by atoms with Crippen LogP contribution in [0.15, 0.2) is 53.6 Å². The van der Waals surface area contributed by atoms with Crippen molar-refractivity contribution >= 4 is 35.3 Å². The van der Waals surface area contributed by atoms with Crippen molar-refractivity contribution in [3.63, 3.8) is 0 Å². The molecule has 0 bridgehead atoms. The molecule has 6 nitrogen and oxygen atoms in total. The van der Waals surface area contributed by atoms with Gasteiger partial charge in [0.05, 0.1) is 17.1 Å². The van der Waals surface area contributed by atoms with Crippen LogP contribution in [0.4, 0.5) is 0 Å². The Balaban J connectivity index is 1.73. The summed E-state index contributed by atoms with van der Waals surface area (Å²) in [5.74, 6) is -5.93. The lowest BCUT2D eigenvalue weighted by molar-refractivity contribution is -0.211. The van der Waals surface area contributed by atoms with Gasteiger partial charge in [0.15, 0.2) is 23.0 Å². The standard InChI is InChI=1S/C36H40O6/c1-18(2)28-19(3)26(21(5)37)32(40)36(42)33(41)29-31(39)27-25(20(4)34(29,7)22(6)35(28,36)8)17-16-24(30(27)38)15-14-23-12-10-9-11-13-23/h9-18,20,22,28-29,38,42H,1-8H3/t20-,22-,28+,29?,34-,35-,36+/m0/s1. The highest BCUT2D eigenvalue weighted by Crippen LogP contribution is 2.69. The number of allylic oxidation sites excluding steroid dienone is 1. The maximum absolute atomic E-state index is 14.7. The number of hydrogen-bond acceptors (Lipinski definition) is 6. The molecule has 0 aromatic heterocycles. The summed E-state index contributed by atoms with van der Waals surface area (Å²) in [6, 6.07) is 13.2. The van der Waals surface area contributed by atoms with Crippen molar-refractivity contribution in [3.8, 4) is 5.75 Å². The molecule has 2 aromatic carbocycles. The lowest BCUT2D eigenvalue weighted by Crippen LogP contribution is -2.77. The number of aromatic hydroxyl groups is 1. The summed E-state index contributed by atoms with van der Waals surface area (Å²) in [5, 5.41) is 23.9. The summed E-state index contributed by atoms with van der Waals surface area (Å²) < 4.78 is 0. The zero-order chi connectivity index (χ0) is 31.1. The molecule has 0 saturated heterocycles. The van der Waals surface area contributed by atoms with Crippen molar-refractivity contribution in [3.05, 3.63) is 75.9 Å². The topological polar surface area (TPSA) is 109 Å². The number of ketones is 4. The normalized spacial score (nSPS) is 34.5. The number of aliphatic hydroxyl groups is 1. The highest BCUT2D eigenvalue weighted by molar-refractivity contribution is 6.33. The van der Waals surface area contributed by atoms with Gasteiger partial charge in [-0.05, 0) is 54.1 Å². The van der Waals surface area contributed by atoms with Gasteiger partial charge in [0.2, 0.25) is 5.78 Å². The van der Waals surface area contributed by atoms with Gasteiger partial charge in [-0.3, -0.25) is 19.2 Å². The second-order valence-corrected chi connectivity index (χ2v) is 13.3. The Morgan fingerprint density at radius 1 is 0.976 bits per heavy atom. The van der Waals surface area contributed by atoms with E-state index < -0.39 is 57.3 Å². The van der Waals surface area contributed by atoms with Gasteiger partial charge in [0, 0.05) is 11.0 Å². The molecular weight excluding hydrogens is 528 g/mol. The molecule has 2 aromatic rings. The van der Waals surface area contributed by atoms with Crippen LogP contribution in [0.25, 0.3) is 12.2 Å². The van der Waals surface area contributed by atoms with E-state index in [1.165, 1.54) is 6.92 Å². The second-order valence-electron chi connectivity index (χ2n) is 13.3. The van der Waals surface area contributed by atoms with Crippen LogP contribution >= 0.6 is 0 Å². The molecule has 3 aliphatic carbocycles. The van der Waals surface area contributed by atoms with Crippen molar-refractivity contribution < 1.29 is 29.4 Å². The van der Waals surface area contributed by atoms with E-state index in [1.807, 2.05) is 77.1 Å². The third-order valence-electron chi connectivity index (χ3n) is 11.3. The molecule has 1 fully saturated rings. The number of benzene rings is 2. The first-order valence-electron chi connectivity index (χ1n) is 14.7. The van der Waals surface area contributed by atoms with E-state index in [0.29, 0.717) is 16.7 Å². The van der Waals surface area contributed by atoms with Crippen LogP contribution in [0.5, 0.6) is 5.75 Å². The highest BCUT2D eigenvalue weighted by atomic mass is 16.3. The Labute approximate surface area is 247 Å². The number of carbonyl (C=O) groups excluding carboxylic acids is 4. The van der Waals surface area contributed by atoms with E-state index in [1.54, 1.807) is 26.0 Å². The van der Waals surface area contributed by atoms with E-state index in [-0.39, 0.29) is 28.7 Å². The van der Waals surface area contributed by atoms with E-state index in [9.17, 15) is 29.4 Å². The van der Waals surface area contributed by atoms with Gasteiger partial charge in [0.1, 0.15) is 5.75 Å². The van der Waals surface area contributed by atoms with Crippen molar-refractivity contribution in [2.75, 3.05) is 0 Å². The van der Waals surface area contributed by atoms with Gasteiger partial charge in [-0.2, -0.15) is 0 Å². The first-order chi connectivity index (χ1) is 19.6. The highest BCUT2D eigenvalue weighted by Gasteiger charge is 2.77. The van der Waals surface area contributed by atoms with Crippen LogP contribution in [-0.2, 0) is 14.4 Å². The number of carbonyl (C=O) groups is 4. The molecule has 1 unspecified atom stereocenters. The van der Waals surface area contributed by atoms with Crippen LogP contribution < -0.4 is 0 Å². The summed E-state index contributed by atoms with van der Waals surface area (Å²) >= 11 is 0. The Bertz CT molecular complexity index is 1600. The Morgan fingerprint density at radius 2 is 1.60 bits per heavy atom.